The van der Waals surface area contributed by atoms with Crippen molar-refractivity contribution in [1.29, 1.82) is 0 Å². The van der Waals surface area contributed by atoms with Crippen molar-refractivity contribution in [3.8, 4) is 5.75 Å². The van der Waals surface area contributed by atoms with E-state index in [-0.39, 0.29) is 35.7 Å². The molecule has 4 heterocycles. The van der Waals surface area contributed by atoms with Gasteiger partial charge in [0.05, 0.1) is 24.4 Å². The van der Waals surface area contributed by atoms with Crippen LogP contribution < -0.4 is 4.74 Å². The van der Waals surface area contributed by atoms with Crippen LogP contribution in [0.5, 0.6) is 5.75 Å². The normalized spacial score (nSPS) is 28.8. The van der Waals surface area contributed by atoms with E-state index in [4.69, 9.17) is 21.1 Å². The summed E-state index contributed by atoms with van der Waals surface area (Å²) in [6.45, 7) is 5.08. The predicted octanol–water partition coefficient (Wildman–Crippen LogP) is 4.69. The highest BCUT2D eigenvalue weighted by Gasteiger charge is 2.52. The summed E-state index contributed by atoms with van der Waals surface area (Å²) in [4.78, 5) is 15.2. The number of nitrogens with zero attached hydrogens (tertiary/aromatic N) is 2. The summed E-state index contributed by atoms with van der Waals surface area (Å²) in [5.41, 5.74) is 1.81. The van der Waals surface area contributed by atoms with Gasteiger partial charge in [0.2, 0.25) is 5.91 Å². The van der Waals surface area contributed by atoms with Gasteiger partial charge in [0.15, 0.2) is 0 Å². The first-order valence-corrected chi connectivity index (χ1v) is 11.7. The third kappa shape index (κ3) is 3.96. The van der Waals surface area contributed by atoms with Gasteiger partial charge in [-0.2, -0.15) is 5.10 Å². The van der Waals surface area contributed by atoms with Crippen LogP contribution in [-0.4, -0.2) is 45.3 Å². The molecule has 2 saturated heterocycles. The Bertz CT molecular complexity index is 946. The molecular formula is C24H30ClN3O3. The lowest BCUT2D eigenvalue weighted by Gasteiger charge is -2.54. The molecule has 0 bridgehead atoms. The summed E-state index contributed by atoms with van der Waals surface area (Å²) in [6.07, 6.45) is 8.85. The molecule has 0 saturated carbocycles. The van der Waals surface area contributed by atoms with Gasteiger partial charge in [0.25, 0.3) is 0 Å². The molecule has 7 heteroatoms. The standard InChI is InChI=1S/C24H30ClN3O3/c1-24(2)18-12-19-21(30-23(18)17-11-16(25)8-9-20(17)31-24)6-4-10-28(19)22(29)7-3-5-15-13-26-27-14-15/h8-9,11,13-14,18-19,21,23H,3-7,10,12H2,1-2H3,(H,26,27)/t18-,19-,21-,23+/m0/s1. The van der Waals surface area contributed by atoms with Crippen molar-refractivity contribution in [2.24, 2.45) is 5.92 Å². The molecule has 0 aliphatic carbocycles. The maximum atomic E-state index is 13.1. The lowest BCUT2D eigenvalue weighted by atomic mass is 9.72. The van der Waals surface area contributed by atoms with E-state index < -0.39 is 0 Å². The Morgan fingerprint density at radius 3 is 3.06 bits per heavy atom. The van der Waals surface area contributed by atoms with Gasteiger partial charge >= 0.3 is 0 Å². The molecule has 2 aromatic rings. The minimum atomic E-state index is -0.371. The van der Waals surface area contributed by atoms with Crippen LogP contribution in [0, 0.1) is 5.92 Å². The number of amides is 1. The summed E-state index contributed by atoms with van der Waals surface area (Å²) in [7, 11) is 0. The fourth-order valence-electron chi connectivity index (χ4n) is 5.57. The molecule has 3 aliphatic rings. The van der Waals surface area contributed by atoms with Crippen LogP contribution in [0.25, 0.3) is 0 Å². The molecule has 3 aliphatic heterocycles. The second-order valence-electron chi connectivity index (χ2n) is 9.58. The number of rotatable bonds is 4. The summed E-state index contributed by atoms with van der Waals surface area (Å²) in [5.74, 6) is 1.26. The predicted molar refractivity (Wildman–Crippen MR) is 118 cm³/mol. The fourth-order valence-corrected chi connectivity index (χ4v) is 5.75. The van der Waals surface area contributed by atoms with E-state index in [2.05, 4.69) is 28.9 Å². The molecule has 1 aromatic heterocycles. The fraction of sp³-hybridized carbons (Fsp3) is 0.583. The molecule has 6 nitrogen and oxygen atoms in total. The molecule has 1 amide bonds. The van der Waals surface area contributed by atoms with Gasteiger partial charge in [-0.25, -0.2) is 0 Å². The zero-order valence-corrected chi connectivity index (χ0v) is 18.9. The Morgan fingerprint density at radius 2 is 2.26 bits per heavy atom. The van der Waals surface area contributed by atoms with E-state index in [9.17, 15) is 4.79 Å². The largest absolute Gasteiger partial charge is 0.487 e. The molecule has 5 rings (SSSR count). The van der Waals surface area contributed by atoms with Crippen molar-refractivity contribution >= 4 is 17.5 Å². The molecule has 4 atom stereocenters. The molecule has 1 N–H and O–H groups in total. The van der Waals surface area contributed by atoms with Gasteiger partial charge in [-0.05, 0) is 69.7 Å². The Labute approximate surface area is 188 Å². The SMILES string of the molecule is CC1(C)Oc2ccc(Cl)cc2[C@H]2O[C@H]3CCCN(C(=O)CCCc4cn[nH]c4)[C@H]3C[C@@H]21. The number of carbonyl (C=O) groups excluding carboxylic acids is 1. The average molecular weight is 444 g/mol. The first-order chi connectivity index (χ1) is 14.9. The Balaban J connectivity index is 1.33. The van der Waals surface area contributed by atoms with Gasteiger partial charge in [-0.3, -0.25) is 9.89 Å². The monoisotopic (exact) mass is 443 g/mol. The average Bonchev–Trinajstić information content (AvgIpc) is 3.26. The number of fused-ring (bicyclic) bond motifs is 4. The van der Waals surface area contributed by atoms with Crippen LogP contribution in [0.3, 0.4) is 0 Å². The van der Waals surface area contributed by atoms with E-state index in [1.807, 2.05) is 30.6 Å². The Hall–Kier alpha value is -2.05. The number of piperidine rings is 1. The van der Waals surface area contributed by atoms with Crippen molar-refractivity contribution in [2.45, 2.75) is 76.2 Å². The second-order valence-corrected chi connectivity index (χ2v) is 10.0. The molecule has 166 valence electrons. The number of hydrogen-bond donors (Lipinski definition) is 1. The van der Waals surface area contributed by atoms with Crippen LogP contribution in [0.15, 0.2) is 30.6 Å². The third-order valence-corrected chi connectivity index (χ3v) is 7.41. The van der Waals surface area contributed by atoms with Crippen LogP contribution >= 0.6 is 11.6 Å². The van der Waals surface area contributed by atoms with E-state index in [0.717, 1.165) is 55.5 Å². The van der Waals surface area contributed by atoms with E-state index in [0.29, 0.717) is 11.4 Å². The summed E-state index contributed by atoms with van der Waals surface area (Å²) in [5, 5.41) is 7.51. The summed E-state index contributed by atoms with van der Waals surface area (Å²) >= 11 is 6.30. The van der Waals surface area contributed by atoms with Gasteiger partial charge in [0.1, 0.15) is 11.4 Å². The number of H-pyrrole nitrogens is 1. The summed E-state index contributed by atoms with van der Waals surface area (Å²) < 4.78 is 13.1. The first kappa shape index (κ1) is 20.8. The zero-order valence-electron chi connectivity index (χ0n) is 18.1. The quantitative estimate of drug-likeness (QED) is 0.744. The van der Waals surface area contributed by atoms with E-state index >= 15 is 0 Å². The number of nitrogens with one attached hydrogen (secondary N) is 1. The lowest BCUT2D eigenvalue weighted by Crippen LogP contribution is -2.60. The highest BCUT2D eigenvalue weighted by atomic mass is 35.5. The van der Waals surface area contributed by atoms with Crippen LogP contribution in [0.1, 0.15) is 63.2 Å². The molecule has 31 heavy (non-hydrogen) atoms. The van der Waals surface area contributed by atoms with E-state index in [1.165, 1.54) is 0 Å². The maximum absolute atomic E-state index is 13.1. The molecule has 1 aromatic carbocycles. The smallest absolute Gasteiger partial charge is 0.222 e. The number of likely N-dealkylation sites (tertiary alicyclic amines) is 1. The summed E-state index contributed by atoms with van der Waals surface area (Å²) in [6, 6.07) is 5.90. The number of carbonyl (C=O) groups is 1. The minimum Gasteiger partial charge on any atom is -0.487 e. The molecule has 2 fully saturated rings. The van der Waals surface area contributed by atoms with Crippen LogP contribution in [-0.2, 0) is 16.0 Å². The molecule has 0 radical (unpaired) electrons. The van der Waals surface area contributed by atoms with Crippen molar-refractivity contribution in [3.63, 3.8) is 0 Å². The van der Waals surface area contributed by atoms with Gasteiger partial charge in [-0.15, -0.1) is 0 Å². The van der Waals surface area contributed by atoms with Gasteiger partial charge in [0, 0.05) is 35.7 Å². The molecule has 0 unspecified atom stereocenters. The first-order valence-electron chi connectivity index (χ1n) is 11.3. The highest BCUT2D eigenvalue weighted by Crippen LogP contribution is 2.52. The van der Waals surface area contributed by atoms with Crippen LogP contribution in [0.2, 0.25) is 5.02 Å². The number of benzene rings is 1. The van der Waals surface area contributed by atoms with Gasteiger partial charge in [-0.1, -0.05) is 11.6 Å². The van der Waals surface area contributed by atoms with Crippen molar-refractivity contribution < 1.29 is 14.3 Å². The van der Waals surface area contributed by atoms with Crippen molar-refractivity contribution in [1.82, 2.24) is 15.1 Å². The molecular weight excluding hydrogens is 414 g/mol. The lowest BCUT2D eigenvalue weighted by molar-refractivity contribution is -0.193. The van der Waals surface area contributed by atoms with E-state index in [1.54, 1.807) is 0 Å². The minimum absolute atomic E-state index is 0.0464. The second kappa shape index (κ2) is 8.14. The number of ether oxygens (including phenoxy) is 2. The number of hydrogen-bond acceptors (Lipinski definition) is 4. The number of aryl methyl sites for hydroxylation is 1. The number of aromatic amines is 1. The van der Waals surface area contributed by atoms with Gasteiger partial charge < -0.3 is 14.4 Å². The maximum Gasteiger partial charge on any atom is 0.222 e. The Kier molecular flexibility index (Phi) is 5.47. The van der Waals surface area contributed by atoms with Crippen molar-refractivity contribution in [3.05, 3.63) is 46.7 Å². The van der Waals surface area contributed by atoms with Crippen molar-refractivity contribution in [2.75, 3.05) is 6.54 Å². The topological polar surface area (TPSA) is 67.5 Å². The zero-order chi connectivity index (χ0) is 21.6. The third-order valence-electron chi connectivity index (χ3n) is 7.18. The molecule has 0 spiro atoms. The Morgan fingerprint density at radius 1 is 1.39 bits per heavy atom. The highest BCUT2D eigenvalue weighted by molar-refractivity contribution is 6.30. The number of aromatic nitrogens is 2. The number of halogens is 1. The van der Waals surface area contributed by atoms with Crippen LogP contribution in [0.4, 0.5) is 0 Å².